The minimum absolute atomic E-state index is 0.355. The van der Waals surface area contributed by atoms with Gasteiger partial charge in [-0.25, -0.2) is 0 Å². The molecule has 0 amide bonds. The smallest absolute Gasteiger partial charge is 0.318 e. The molecule has 1 aromatic heterocycles. The van der Waals surface area contributed by atoms with Crippen LogP contribution in [0.15, 0.2) is 18.2 Å². The highest BCUT2D eigenvalue weighted by Crippen LogP contribution is 2.43. The van der Waals surface area contributed by atoms with Crippen molar-refractivity contribution in [1.82, 2.24) is 20.2 Å². The summed E-state index contributed by atoms with van der Waals surface area (Å²) < 4.78 is 11.6. The molecule has 1 aromatic carbocycles. The molecule has 0 spiro atoms. The van der Waals surface area contributed by atoms with Crippen LogP contribution in [0.1, 0.15) is 42.0 Å². The lowest BCUT2D eigenvalue weighted by Gasteiger charge is -2.35. The fourth-order valence-corrected chi connectivity index (χ4v) is 5.54. The summed E-state index contributed by atoms with van der Waals surface area (Å²) in [5.41, 5.74) is 4.63. The van der Waals surface area contributed by atoms with Gasteiger partial charge < -0.3 is 29.7 Å². The summed E-state index contributed by atoms with van der Waals surface area (Å²) >= 11 is 0. The van der Waals surface area contributed by atoms with Crippen LogP contribution in [0, 0.1) is 0 Å². The number of phenols is 1. The van der Waals surface area contributed by atoms with Gasteiger partial charge in [0.25, 0.3) is 0 Å². The number of hydrogen-bond acceptors (Lipinski definition) is 9. The van der Waals surface area contributed by atoms with E-state index in [-0.39, 0.29) is 0 Å². The molecule has 0 atom stereocenters. The number of nitrogens with one attached hydrogen (secondary N) is 1. The maximum absolute atomic E-state index is 10.4. The first-order valence-electron chi connectivity index (χ1n) is 13.6. The fourth-order valence-electron chi connectivity index (χ4n) is 5.54. The SMILES string of the molecule is Oc1cc(C2CC2)cc(N2CCc3c(nc(OCCCN4CCOCC4)nc3N3CCNCC3)C2)c1. The van der Waals surface area contributed by atoms with E-state index < -0.39 is 0 Å². The Balaban J connectivity index is 1.20. The number of aromatic nitrogens is 2. The van der Waals surface area contributed by atoms with Gasteiger partial charge in [0.2, 0.25) is 0 Å². The number of ether oxygens (including phenoxy) is 2. The van der Waals surface area contributed by atoms with Crippen LogP contribution in [0.3, 0.4) is 0 Å². The second-order valence-electron chi connectivity index (χ2n) is 10.4. The van der Waals surface area contributed by atoms with Crippen molar-refractivity contribution >= 4 is 11.5 Å². The molecule has 6 rings (SSSR count). The summed E-state index contributed by atoms with van der Waals surface area (Å²) in [6, 6.07) is 6.55. The summed E-state index contributed by atoms with van der Waals surface area (Å²) in [6.07, 6.45) is 4.28. The number of fused-ring (bicyclic) bond motifs is 1. The van der Waals surface area contributed by atoms with Crippen LogP contribution in [0.5, 0.6) is 11.8 Å². The molecule has 3 fully saturated rings. The predicted octanol–water partition coefficient (Wildman–Crippen LogP) is 2.13. The number of rotatable bonds is 8. The van der Waals surface area contributed by atoms with Crippen molar-refractivity contribution in [3.63, 3.8) is 0 Å². The first-order chi connectivity index (χ1) is 17.7. The lowest BCUT2D eigenvalue weighted by molar-refractivity contribution is 0.0356. The number of morpholine rings is 1. The van der Waals surface area contributed by atoms with Gasteiger partial charge in [0.05, 0.1) is 32.1 Å². The third-order valence-electron chi connectivity index (χ3n) is 7.73. The summed E-state index contributed by atoms with van der Waals surface area (Å²) in [5, 5.41) is 13.8. The Morgan fingerprint density at radius 2 is 1.83 bits per heavy atom. The van der Waals surface area contributed by atoms with Crippen LogP contribution in [0.25, 0.3) is 0 Å². The van der Waals surface area contributed by atoms with Crippen molar-refractivity contribution in [3.8, 4) is 11.8 Å². The fraction of sp³-hybridized carbons (Fsp3) is 0.630. The van der Waals surface area contributed by atoms with E-state index in [0.29, 0.717) is 30.8 Å². The summed E-state index contributed by atoms with van der Waals surface area (Å²) in [6.45, 7) is 10.7. The Morgan fingerprint density at radius 3 is 2.64 bits per heavy atom. The zero-order chi connectivity index (χ0) is 24.3. The molecule has 0 unspecified atom stereocenters. The molecular formula is C27H38N6O3. The second kappa shape index (κ2) is 10.8. The third-order valence-corrected chi connectivity index (χ3v) is 7.73. The average Bonchev–Trinajstić information content (AvgIpc) is 3.77. The molecule has 2 aromatic rings. The van der Waals surface area contributed by atoms with E-state index in [1.807, 2.05) is 12.1 Å². The number of nitrogens with zero attached hydrogens (tertiary/aromatic N) is 5. The van der Waals surface area contributed by atoms with Gasteiger partial charge in [-0.3, -0.25) is 4.90 Å². The third kappa shape index (κ3) is 5.53. The maximum atomic E-state index is 10.4. The van der Waals surface area contributed by atoms with Crippen molar-refractivity contribution in [2.75, 3.05) is 82.0 Å². The highest BCUT2D eigenvalue weighted by atomic mass is 16.5. The van der Waals surface area contributed by atoms with Gasteiger partial charge in [-0.05, 0) is 49.3 Å². The summed E-state index contributed by atoms with van der Waals surface area (Å²) in [5.74, 6) is 2.00. The minimum Gasteiger partial charge on any atom is -0.508 e. The van der Waals surface area contributed by atoms with Gasteiger partial charge in [0.15, 0.2) is 0 Å². The molecule has 2 saturated heterocycles. The maximum Gasteiger partial charge on any atom is 0.318 e. The van der Waals surface area contributed by atoms with Crippen LogP contribution in [-0.2, 0) is 17.7 Å². The van der Waals surface area contributed by atoms with Gasteiger partial charge in [-0.2, -0.15) is 9.97 Å². The van der Waals surface area contributed by atoms with E-state index in [9.17, 15) is 5.11 Å². The van der Waals surface area contributed by atoms with Crippen molar-refractivity contribution in [2.45, 2.75) is 38.1 Å². The summed E-state index contributed by atoms with van der Waals surface area (Å²) in [7, 11) is 0. The second-order valence-corrected chi connectivity index (χ2v) is 10.4. The normalized spacial score (nSPS) is 20.9. The molecule has 4 heterocycles. The van der Waals surface area contributed by atoms with Gasteiger partial charge in [0.1, 0.15) is 11.6 Å². The van der Waals surface area contributed by atoms with E-state index in [1.165, 1.54) is 24.0 Å². The number of benzene rings is 1. The van der Waals surface area contributed by atoms with E-state index in [2.05, 4.69) is 26.1 Å². The van der Waals surface area contributed by atoms with Crippen LogP contribution >= 0.6 is 0 Å². The molecule has 9 nitrogen and oxygen atoms in total. The number of phenolic OH excluding ortho intramolecular Hbond substituents is 1. The lowest BCUT2D eigenvalue weighted by Crippen LogP contribution is -2.45. The Bertz CT molecular complexity index is 1050. The van der Waals surface area contributed by atoms with Crippen LogP contribution in [-0.4, -0.2) is 92.2 Å². The molecule has 3 aliphatic heterocycles. The van der Waals surface area contributed by atoms with Crippen LogP contribution in [0.2, 0.25) is 0 Å². The van der Waals surface area contributed by atoms with Crippen molar-refractivity contribution in [3.05, 3.63) is 35.0 Å². The highest BCUT2D eigenvalue weighted by Gasteiger charge is 2.29. The zero-order valence-corrected chi connectivity index (χ0v) is 21.1. The minimum atomic E-state index is 0.355. The lowest BCUT2D eigenvalue weighted by atomic mass is 10.0. The molecule has 4 aliphatic rings. The van der Waals surface area contributed by atoms with Crippen molar-refractivity contribution < 1.29 is 14.6 Å². The van der Waals surface area contributed by atoms with E-state index in [0.717, 1.165) is 95.6 Å². The topological polar surface area (TPSA) is 86.2 Å². The molecule has 1 aliphatic carbocycles. The Hall–Kier alpha value is -2.62. The number of piperazine rings is 1. The highest BCUT2D eigenvalue weighted by molar-refractivity contribution is 5.58. The quantitative estimate of drug-likeness (QED) is 0.536. The average molecular weight is 495 g/mol. The van der Waals surface area contributed by atoms with E-state index >= 15 is 0 Å². The largest absolute Gasteiger partial charge is 0.508 e. The Labute approximate surface area is 213 Å². The van der Waals surface area contributed by atoms with Gasteiger partial charge in [0, 0.05) is 69.7 Å². The monoisotopic (exact) mass is 494 g/mol. The number of hydrogen-bond donors (Lipinski definition) is 2. The van der Waals surface area contributed by atoms with Crippen molar-refractivity contribution in [1.29, 1.82) is 0 Å². The molecule has 194 valence electrons. The number of anilines is 2. The standard InChI is InChI=1S/C27H38N6O3/c34-23-17-21(20-2-3-20)16-22(18-23)33-8-4-24-25(19-33)29-27(30-26(24)32-9-5-28-6-10-32)36-13-1-7-31-11-14-35-15-12-31/h16-18,20,28,34H,1-15,19H2. The molecular weight excluding hydrogens is 456 g/mol. The van der Waals surface area contributed by atoms with Crippen LogP contribution in [0.4, 0.5) is 11.5 Å². The van der Waals surface area contributed by atoms with Crippen LogP contribution < -0.4 is 19.9 Å². The van der Waals surface area contributed by atoms with Gasteiger partial charge >= 0.3 is 6.01 Å². The van der Waals surface area contributed by atoms with E-state index in [4.69, 9.17) is 19.4 Å². The Morgan fingerprint density at radius 1 is 1.00 bits per heavy atom. The number of aromatic hydroxyl groups is 1. The zero-order valence-electron chi connectivity index (χ0n) is 21.1. The molecule has 0 radical (unpaired) electrons. The molecule has 36 heavy (non-hydrogen) atoms. The van der Waals surface area contributed by atoms with E-state index in [1.54, 1.807) is 0 Å². The van der Waals surface area contributed by atoms with Gasteiger partial charge in [-0.1, -0.05) is 0 Å². The molecule has 9 heteroatoms. The summed E-state index contributed by atoms with van der Waals surface area (Å²) in [4.78, 5) is 17.0. The predicted molar refractivity (Wildman–Crippen MR) is 139 cm³/mol. The molecule has 1 saturated carbocycles. The first kappa shape index (κ1) is 23.8. The van der Waals surface area contributed by atoms with Crippen molar-refractivity contribution in [2.24, 2.45) is 0 Å². The Kier molecular flexibility index (Phi) is 7.12. The molecule has 0 bridgehead atoms. The first-order valence-corrected chi connectivity index (χ1v) is 13.6. The molecule has 2 N–H and O–H groups in total. The van der Waals surface area contributed by atoms with Gasteiger partial charge in [-0.15, -0.1) is 0 Å².